The topological polar surface area (TPSA) is 358 Å². The number of aryl methyl sites for hydroxylation is 3. The maximum Gasteiger partial charge on any atom is 0.325 e. The Labute approximate surface area is 763 Å². The summed E-state index contributed by atoms with van der Waals surface area (Å²) in [4.78, 5) is 114. The van der Waals surface area contributed by atoms with Crippen LogP contribution in [0.1, 0.15) is 128 Å². The summed E-state index contributed by atoms with van der Waals surface area (Å²) in [5, 5.41) is 1.07. The molecule has 24 nitrogen and oxygen atoms in total. The molecule has 0 aliphatic rings. The van der Waals surface area contributed by atoms with Crippen molar-refractivity contribution in [1.82, 2.24) is 44.9 Å². The molecule has 8 aromatic heterocycles. The number of hydrogen-bond donors (Lipinski definition) is 8. The third kappa shape index (κ3) is 33.0. The molecule has 14 rings (SSSR count). The number of pyridine rings is 6. The molecule has 14 aromatic rings. The van der Waals surface area contributed by atoms with E-state index in [-0.39, 0.29) is 24.6 Å². The van der Waals surface area contributed by atoms with Crippen LogP contribution in [0.25, 0.3) is 135 Å². The molecule has 6 aromatic carbocycles. The van der Waals surface area contributed by atoms with Crippen LogP contribution in [0.2, 0.25) is 0 Å². The summed E-state index contributed by atoms with van der Waals surface area (Å²) in [6.45, 7) is 2.32. The van der Waals surface area contributed by atoms with E-state index in [0.29, 0.717) is 67.2 Å². The van der Waals surface area contributed by atoms with Crippen LogP contribution in [0.15, 0.2) is 293 Å². The zero-order chi connectivity index (χ0) is 90.7. The average molecular weight is 1880 g/mol. The van der Waals surface area contributed by atoms with Gasteiger partial charge in [-0.25, -0.2) is 43.6 Å². The van der Waals surface area contributed by atoms with Gasteiger partial charge in [0.2, 0.25) is 0 Å². The first-order valence-corrected chi connectivity index (χ1v) is 52.3. The number of rotatable bonds is 43. The maximum absolute atomic E-state index is 11.3. The van der Waals surface area contributed by atoms with Gasteiger partial charge in [-0.05, 0) is 142 Å². The predicted octanol–water partition coefficient (Wildman–Crippen LogP) is 21.7. The summed E-state index contributed by atoms with van der Waals surface area (Å²) in [5.41, 5.74) is 18.2. The first kappa shape index (κ1) is 97.4. The van der Waals surface area contributed by atoms with Crippen molar-refractivity contribution in [2.45, 2.75) is 148 Å². The van der Waals surface area contributed by atoms with Crippen molar-refractivity contribution >= 4 is 46.3 Å². The lowest BCUT2D eigenvalue weighted by molar-refractivity contribution is -0.697. The number of alkyl halides is 1. The van der Waals surface area contributed by atoms with Crippen LogP contribution in [0.3, 0.4) is 0 Å². The summed E-state index contributed by atoms with van der Waals surface area (Å²) in [6.07, 6.45) is 41.9. The van der Waals surface area contributed by atoms with E-state index in [1.807, 2.05) is 114 Å². The van der Waals surface area contributed by atoms with Crippen molar-refractivity contribution in [3.8, 4) is 135 Å². The molecule has 0 atom stereocenters. The number of aromatic nitrogens is 12. The Morgan fingerprint density at radius 3 is 0.550 bits per heavy atom. The fourth-order valence-electron chi connectivity index (χ4n) is 14.8. The van der Waals surface area contributed by atoms with Gasteiger partial charge < -0.3 is 39.1 Å². The molecule has 0 saturated heterocycles. The minimum atomic E-state index is -4.03. The fourth-order valence-corrected chi connectivity index (χ4v) is 17.7. The smallest absolute Gasteiger partial charge is 0.324 e. The Morgan fingerprint density at radius 1 is 0.194 bits per heavy atom. The zero-order valence-corrected chi connectivity index (χ0v) is 77.4. The molecule has 668 valence electrons. The van der Waals surface area contributed by atoms with Crippen LogP contribution >= 0.6 is 46.3 Å². The van der Waals surface area contributed by atoms with Crippen LogP contribution < -0.4 is 13.7 Å². The second kappa shape index (κ2) is 49.4. The molecular formula is C100H112BrN12O12P4+3. The Bertz CT molecular complexity index is 5590. The van der Waals surface area contributed by atoms with Gasteiger partial charge in [0.15, 0.2) is 72.1 Å². The van der Waals surface area contributed by atoms with Crippen molar-refractivity contribution in [2.75, 3.05) is 30.0 Å². The van der Waals surface area contributed by atoms with Crippen molar-refractivity contribution < 1.29 is 71.1 Å². The Hall–Kier alpha value is -10.7. The minimum Gasteiger partial charge on any atom is -0.324 e. The van der Waals surface area contributed by atoms with E-state index >= 15 is 0 Å². The second-order valence-electron chi connectivity index (χ2n) is 32.1. The van der Waals surface area contributed by atoms with Gasteiger partial charge in [-0.3, -0.25) is 33.2 Å². The third-order valence-corrected chi connectivity index (χ3v) is 26.2. The normalized spacial score (nSPS) is 11.7. The summed E-state index contributed by atoms with van der Waals surface area (Å²) in [7, 11) is -15.6. The SMILES string of the molecule is O=P(O)(O)CCCCCCCCCBr.O=P(O)(O)CCCCCCCC[n+]1ccc(-c2ccc(-c3nc(-c4ccc(-c5cc[n+](CCCCCCCCP(=O)(O)O)cc5)cc4)nc(-c4ccc(-c5cc[n+](CCCP(=O)(O)O)cc5)cc4)n3)cc2)cc1.c1cc(-c2ccc(-c3nc(-c4ccc(-c5ccncc5)cc4)nc(-c4ccc(-c5ccncc5)cc4)n3)cc2)ccn1. The lowest BCUT2D eigenvalue weighted by Gasteiger charge is -2.10. The van der Waals surface area contributed by atoms with Crippen molar-refractivity contribution in [3.05, 3.63) is 293 Å². The van der Waals surface area contributed by atoms with Crippen LogP contribution in [-0.4, -0.2) is 114 Å². The number of unbranched alkanes of at least 4 members (excludes halogenated alkanes) is 16. The standard InChI is InChI=1S/C55H65N6O9P3.C36H24N6.C9H20BrO3P/c62-71(63,64)41-11-7-3-1-5-9-32-59-35-26-47(27-36-59)44-14-20-50(21-15-44)53-56-54(58-55(57-53)52-24-18-46(19-25-52)49-30-39-61(40-31-49)34-13-43-73(68,69)70)51-22-16-45(17-23-51)48-28-37-60(38-29-48)33-10-6-2-4-8-12-42-72(65,66)67;1-7-31(8-2-25(1)28-13-19-37-20-14-28)34-40-35(32-9-3-26(4-10-32)29-15-21-38-22-16-29)42-36(41-34)33-11-5-27(6-12-33)30-17-23-39-24-18-30;10-8-6-4-2-1-3-5-7-9-14(11,12)13/h14-31,35-40H,1-13,32-34,41-43H2,(H3-3,62,63,64,65,66,67,68,69,70);1-24H;1-9H2,(H2,11,12,13)/p+3. The van der Waals surface area contributed by atoms with Crippen LogP contribution in [0.5, 0.6) is 0 Å². The quantitative estimate of drug-likeness (QED) is 0.00761. The molecule has 129 heavy (non-hydrogen) atoms. The van der Waals surface area contributed by atoms with Gasteiger partial charge in [-0.1, -0.05) is 232 Å². The van der Waals surface area contributed by atoms with E-state index in [9.17, 15) is 28.0 Å². The van der Waals surface area contributed by atoms with Crippen molar-refractivity contribution in [1.29, 1.82) is 0 Å². The molecule has 0 aliphatic carbocycles. The molecule has 29 heteroatoms. The lowest BCUT2D eigenvalue weighted by Crippen LogP contribution is -2.32. The van der Waals surface area contributed by atoms with E-state index in [4.69, 9.17) is 59.3 Å². The average Bonchev–Trinajstić information content (AvgIpc) is 0.797. The van der Waals surface area contributed by atoms with Gasteiger partial charge in [-0.15, -0.1) is 0 Å². The molecule has 0 spiro atoms. The first-order valence-electron chi connectivity index (χ1n) is 44.0. The predicted molar refractivity (Wildman–Crippen MR) is 513 cm³/mol. The Balaban J connectivity index is 0.000000224. The number of benzene rings is 6. The second-order valence-corrected chi connectivity index (χ2v) is 40.0. The van der Waals surface area contributed by atoms with Gasteiger partial charge in [0.05, 0.1) is 6.16 Å². The highest BCUT2D eigenvalue weighted by Gasteiger charge is 2.21. The van der Waals surface area contributed by atoms with Gasteiger partial charge in [0, 0.05) is 150 Å². The van der Waals surface area contributed by atoms with E-state index in [2.05, 4.69) is 186 Å². The third-order valence-electron chi connectivity index (χ3n) is 22.0. The zero-order valence-electron chi connectivity index (χ0n) is 72.3. The van der Waals surface area contributed by atoms with E-state index in [1.165, 1.54) is 25.7 Å². The van der Waals surface area contributed by atoms with Gasteiger partial charge in [-0.2, -0.15) is 0 Å². The van der Waals surface area contributed by atoms with Crippen molar-refractivity contribution in [2.24, 2.45) is 0 Å². The molecular weight excluding hydrogens is 1760 g/mol. The van der Waals surface area contributed by atoms with Gasteiger partial charge in [0.25, 0.3) is 0 Å². The number of nitrogens with zero attached hydrogens (tertiary/aromatic N) is 12. The fraction of sp³-hybridized carbons (Fsp3) is 0.280. The largest absolute Gasteiger partial charge is 0.325 e. The van der Waals surface area contributed by atoms with Gasteiger partial charge >= 0.3 is 30.4 Å². The minimum absolute atomic E-state index is 0.0305. The summed E-state index contributed by atoms with van der Waals surface area (Å²) >= 11 is 3.38. The number of halogens is 1. The molecule has 0 aliphatic heterocycles. The highest BCUT2D eigenvalue weighted by Crippen LogP contribution is 2.40. The molecule has 0 bridgehead atoms. The van der Waals surface area contributed by atoms with Crippen LogP contribution in [0.4, 0.5) is 0 Å². The summed E-state index contributed by atoms with van der Waals surface area (Å²) in [5.74, 6) is 3.49. The van der Waals surface area contributed by atoms with Crippen LogP contribution in [0, 0.1) is 0 Å². The molecule has 8 N–H and O–H groups in total. The highest BCUT2D eigenvalue weighted by atomic mass is 79.9. The molecule has 8 heterocycles. The lowest BCUT2D eigenvalue weighted by atomic mass is 10.0. The molecule has 0 unspecified atom stereocenters. The first-order chi connectivity index (χ1) is 62.4. The monoisotopic (exact) mass is 1880 g/mol. The summed E-state index contributed by atoms with van der Waals surface area (Å²) < 4.78 is 50.2. The molecule has 0 radical (unpaired) electrons. The number of hydrogen-bond acceptors (Lipinski definition) is 13. The molecule has 0 fully saturated rings. The maximum atomic E-state index is 11.3. The van der Waals surface area contributed by atoms with Crippen LogP contribution in [-0.2, 0) is 37.9 Å². The van der Waals surface area contributed by atoms with E-state index in [0.717, 1.165) is 196 Å². The highest BCUT2D eigenvalue weighted by molar-refractivity contribution is 9.09. The molecule has 0 saturated carbocycles. The van der Waals surface area contributed by atoms with E-state index in [1.54, 1.807) is 37.2 Å². The Morgan fingerprint density at radius 2 is 0.349 bits per heavy atom. The van der Waals surface area contributed by atoms with E-state index < -0.39 is 30.4 Å². The molecule has 0 amide bonds. The van der Waals surface area contributed by atoms with Gasteiger partial charge in [0.1, 0.15) is 19.6 Å². The Kier molecular flexibility index (Phi) is 37.3. The van der Waals surface area contributed by atoms with Crippen molar-refractivity contribution in [3.63, 3.8) is 0 Å². The summed E-state index contributed by atoms with van der Waals surface area (Å²) in [6, 6.07) is 73.9.